The molecule has 1 aliphatic heterocycles. The van der Waals surface area contributed by atoms with Gasteiger partial charge in [0.25, 0.3) is 0 Å². The lowest BCUT2D eigenvalue weighted by atomic mass is 9.84. The van der Waals surface area contributed by atoms with E-state index >= 15 is 0 Å². The predicted molar refractivity (Wildman–Crippen MR) is 79.4 cm³/mol. The maximum Gasteiger partial charge on any atom is 0.123 e. The molecule has 2 aromatic carbocycles. The van der Waals surface area contributed by atoms with Crippen LogP contribution in [-0.4, -0.2) is 11.7 Å². The number of aliphatic hydroxyl groups is 1. The lowest BCUT2D eigenvalue weighted by Crippen LogP contribution is -2.13. The van der Waals surface area contributed by atoms with Crippen LogP contribution in [0.3, 0.4) is 0 Å². The van der Waals surface area contributed by atoms with Crippen molar-refractivity contribution >= 4 is 0 Å². The number of hydrogen-bond donors (Lipinski definition) is 1. The Hall–Kier alpha value is -2.55. The van der Waals surface area contributed by atoms with Gasteiger partial charge in [-0.15, -0.1) is 0 Å². The Bertz CT molecular complexity index is 672. The number of allylic oxidation sites excluding steroid dienone is 1. The highest BCUT2D eigenvalue weighted by atomic mass is 19.1. The molecule has 1 aliphatic rings. The SMILES string of the molecule is OC1=C(C(c2ccccc2)c2ccc(F)cc2)COC=C1. The van der Waals surface area contributed by atoms with Gasteiger partial charge in [0.2, 0.25) is 0 Å². The monoisotopic (exact) mass is 282 g/mol. The molecule has 1 heterocycles. The van der Waals surface area contributed by atoms with Crippen LogP contribution in [-0.2, 0) is 4.74 Å². The van der Waals surface area contributed by atoms with Crippen molar-refractivity contribution in [3.63, 3.8) is 0 Å². The lowest BCUT2D eigenvalue weighted by Gasteiger charge is -2.24. The van der Waals surface area contributed by atoms with Crippen LogP contribution in [0.15, 0.2) is 78.3 Å². The average molecular weight is 282 g/mol. The zero-order valence-electron chi connectivity index (χ0n) is 11.4. The minimum Gasteiger partial charge on any atom is -0.508 e. The third kappa shape index (κ3) is 2.82. The number of aliphatic hydroxyl groups excluding tert-OH is 1. The first-order valence-electron chi connectivity index (χ1n) is 6.76. The molecule has 0 saturated heterocycles. The second-order valence-electron chi connectivity index (χ2n) is 4.92. The normalized spacial score (nSPS) is 15.7. The molecule has 1 atom stereocenters. The molecule has 3 heteroatoms. The van der Waals surface area contributed by atoms with E-state index in [1.54, 1.807) is 12.1 Å². The summed E-state index contributed by atoms with van der Waals surface area (Å²) in [5.41, 5.74) is 2.72. The van der Waals surface area contributed by atoms with Gasteiger partial charge >= 0.3 is 0 Å². The van der Waals surface area contributed by atoms with Crippen molar-refractivity contribution in [1.29, 1.82) is 0 Å². The van der Waals surface area contributed by atoms with E-state index in [0.29, 0.717) is 6.61 Å². The molecule has 0 radical (unpaired) electrons. The van der Waals surface area contributed by atoms with Gasteiger partial charge in [-0.05, 0) is 23.3 Å². The minimum absolute atomic E-state index is 0.156. The Morgan fingerprint density at radius 2 is 1.62 bits per heavy atom. The summed E-state index contributed by atoms with van der Waals surface area (Å²) in [4.78, 5) is 0. The van der Waals surface area contributed by atoms with Gasteiger partial charge in [0.05, 0.1) is 6.26 Å². The van der Waals surface area contributed by atoms with Gasteiger partial charge in [-0.1, -0.05) is 42.5 Å². The molecule has 21 heavy (non-hydrogen) atoms. The Balaban J connectivity index is 2.11. The molecule has 0 saturated carbocycles. The number of rotatable bonds is 3. The Morgan fingerprint density at radius 1 is 0.952 bits per heavy atom. The van der Waals surface area contributed by atoms with Crippen LogP contribution in [0.2, 0.25) is 0 Å². The van der Waals surface area contributed by atoms with Crippen LogP contribution < -0.4 is 0 Å². The van der Waals surface area contributed by atoms with Gasteiger partial charge < -0.3 is 9.84 Å². The zero-order chi connectivity index (χ0) is 14.7. The van der Waals surface area contributed by atoms with E-state index in [-0.39, 0.29) is 17.5 Å². The Labute approximate surface area is 122 Å². The molecule has 1 N–H and O–H groups in total. The molecular weight excluding hydrogens is 267 g/mol. The highest BCUT2D eigenvalue weighted by molar-refractivity contribution is 5.44. The van der Waals surface area contributed by atoms with Crippen molar-refractivity contribution < 1.29 is 14.2 Å². The summed E-state index contributed by atoms with van der Waals surface area (Å²) in [6.45, 7) is 0.319. The van der Waals surface area contributed by atoms with Crippen LogP contribution in [0, 0.1) is 5.82 Å². The van der Waals surface area contributed by atoms with E-state index in [0.717, 1.165) is 16.7 Å². The summed E-state index contributed by atoms with van der Waals surface area (Å²) in [6, 6.07) is 16.2. The number of hydrogen-bond acceptors (Lipinski definition) is 2. The van der Waals surface area contributed by atoms with Crippen molar-refractivity contribution in [2.45, 2.75) is 5.92 Å². The van der Waals surface area contributed by atoms with Crippen molar-refractivity contribution in [3.8, 4) is 0 Å². The first kappa shape index (κ1) is 13.4. The van der Waals surface area contributed by atoms with Crippen LogP contribution in [0.4, 0.5) is 4.39 Å². The fourth-order valence-electron chi connectivity index (χ4n) is 2.56. The van der Waals surface area contributed by atoms with Crippen molar-refractivity contribution in [2.75, 3.05) is 6.61 Å². The van der Waals surface area contributed by atoms with Gasteiger partial charge in [-0.25, -0.2) is 4.39 Å². The summed E-state index contributed by atoms with van der Waals surface area (Å²) in [5, 5.41) is 10.2. The predicted octanol–water partition coefficient (Wildman–Crippen LogP) is 4.31. The quantitative estimate of drug-likeness (QED) is 0.908. The molecule has 0 aliphatic carbocycles. The summed E-state index contributed by atoms with van der Waals surface area (Å²) in [6.07, 6.45) is 3.02. The van der Waals surface area contributed by atoms with E-state index in [1.807, 2.05) is 30.3 Å². The third-order valence-electron chi connectivity index (χ3n) is 3.57. The maximum atomic E-state index is 13.2. The van der Waals surface area contributed by atoms with Crippen molar-refractivity contribution in [1.82, 2.24) is 0 Å². The van der Waals surface area contributed by atoms with Gasteiger partial charge in [0.15, 0.2) is 0 Å². The van der Waals surface area contributed by atoms with Crippen molar-refractivity contribution in [2.24, 2.45) is 0 Å². The fraction of sp³-hybridized carbons (Fsp3) is 0.111. The molecule has 0 aromatic heterocycles. The van der Waals surface area contributed by atoms with E-state index in [1.165, 1.54) is 24.5 Å². The molecule has 2 nitrogen and oxygen atoms in total. The largest absolute Gasteiger partial charge is 0.508 e. The van der Waals surface area contributed by atoms with E-state index in [2.05, 4.69) is 0 Å². The highest BCUT2D eigenvalue weighted by Gasteiger charge is 2.23. The molecule has 0 amide bonds. The molecular formula is C18H15FO2. The van der Waals surface area contributed by atoms with Gasteiger partial charge in [-0.2, -0.15) is 0 Å². The fourth-order valence-corrected chi connectivity index (χ4v) is 2.56. The molecule has 3 rings (SSSR count). The molecule has 0 bridgehead atoms. The minimum atomic E-state index is -0.274. The molecule has 0 fully saturated rings. The topological polar surface area (TPSA) is 29.5 Å². The van der Waals surface area contributed by atoms with Gasteiger partial charge in [-0.3, -0.25) is 0 Å². The summed E-state index contributed by atoms with van der Waals surface area (Å²) in [5.74, 6) is -0.222. The number of halogens is 1. The third-order valence-corrected chi connectivity index (χ3v) is 3.57. The van der Waals surface area contributed by atoms with E-state index in [9.17, 15) is 9.50 Å². The Kier molecular flexibility index (Phi) is 3.73. The first-order valence-corrected chi connectivity index (χ1v) is 6.76. The number of ether oxygens (including phenoxy) is 1. The van der Waals surface area contributed by atoms with Gasteiger partial charge in [0, 0.05) is 17.6 Å². The highest BCUT2D eigenvalue weighted by Crippen LogP contribution is 2.34. The smallest absolute Gasteiger partial charge is 0.123 e. The van der Waals surface area contributed by atoms with Crippen LogP contribution in [0.1, 0.15) is 17.0 Å². The lowest BCUT2D eigenvalue weighted by molar-refractivity contribution is 0.253. The van der Waals surface area contributed by atoms with E-state index < -0.39 is 0 Å². The van der Waals surface area contributed by atoms with E-state index in [4.69, 9.17) is 4.74 Å². The van der Waals surface area contributed by atoms with Crippen LogP contribution in [0.25, 0.3) is 0 Å². The number of benzene rings is 2. The average Bonchev–Trinajstić information content (AvgIpc) is 2.52. The Morgan fingerprint density at radius 3 is 2.29 bits per heavy atom. The molecule has 0 spiro atoms. The second kappa shape index (κ2) is 5.83. The van der Waals surface area contributed by atoms with Crippen LogP contribution >= 0.6 is 0 Å². The summed E-state index contributed by atoms with van der Waals surface area (Å²) in [7, 11) is 0. The van der Waals surface area contributed by atoms with Crippen molar-refractivity contribution in [3.05, 3.63) is 95.2 Å². The second-order valence-corrected chi connectivity index (χ2v) is 4.92. The molecule has 106 valence electrons. The maximum absolute atomic E-state index is 13.2. The molecule has 1 unspecified atom stereocenters. The first-order chi connectivity index (χ1) is 10.3. The van der Waals surface area contributed by atoms with Crippen LogP contribution in [0.5, 0.6) is 0 Å². The zero-order valence-corrected chi connectivity index (χ0v) is 11.4. The molecule has 2 aromatic rings. The standard InChI is InChI=1S/C18H15FO2/c19-15-8-6-14(7-9-15)18(13-4-2-1-3-5-13)16-12-21-11-10-17(16)20/h1-11,18,20H,12H2. The summed E-state index contributed by atoms with van der Waals surface area (Å²) >= 11 is 0. The summed E-state index contributed by atoms with van der Waals surface area (Å²) < 4.78 is 18.5. The van der Waals surface area contributed by atoms with Gasteiger partial charge in [0.1, 0.15) is 18.2 Å².